The van der Waals surface area contributed by atoms with Crippen LogP contribution in [0.3, 0.4) is 0 Å². The van der Waals surface area contributed by atoms with Crippen molar-refractivity contribution < 1.29 is 24.5 Å². The number of primary amides is 1. The first-order valence-electron chi connectivity index (χ1n) is 2.31. The van der Waals surface area contributed by atoms with Crippen molar-refractivity contribution in [3.8, 4) is 0 Å². The molecule has 0 fully saturated rings. The second-order valence-corrected chi connectivity index (χ2v) is 1.00. The van der Waals surface area contributed by atoms with E-state index in [9.17, 15) is 4.79 Å². The van der Waals surface area contributed by atoms with Crippen molar-refractivity contribution in [3.05, 3.63) is 0 Å². The van der Waals surface area contributed by atoms with Gasteiger partial charge in [0.15, 0.2) is 0 Å². The van der Waals surface area contributed by atoms with Gasteiger partial charge in [-0.1, -0.05) is 0 Å². The fourth-order valence-electron chi connectivity index (χ4n) is 0.142. The molecular formula is C4H7CaNO5. The predicted molar refractivity (Wildman–Crippen MR) is 32.4 cm³/mol. The summed E-state index contributed by atoms with van der Waals surface area (Å²) in [6.07, 6.45) is -3.04. The van der Waals surface area contributed by atoms with Crippen molar-refractivity contribution in [2.75, 3.05) is 6.61 Å². The van der Waals surface area contributed by atoms with Crippen molar-refractivity contribution in [1.82, 2.24) is 0 Å². The maximum Gasteiger partial charge on any atom is 2.00 e. The molecule has 6 nitrogen and oxygen atoms in total. The Morgan fingerprint density at radius 2 is 1.73 bits per heavy atom. The molecule has 60 valence electrons. The number of carboxylic acid groups (broad SMARTS) is 2. The van der Waals surface area contributed by atoms with E-state index in [0.717, 1.165) is 0 Å². The summed E-state index contributed by atoms with van der Waals surface area (Å²) in [6, 6.07) is 0. The van der Waals surface area contributed by atoms with E-state index in [4.69, 9.17) is 15.0 Å². The minimum absolute atomic E-state index is 0. The van der Waals surface area contributed by atoms with Crippen molar-refractivity contribution in [3.63, 3.8) is 0 Å². The summed E-state index contributed by atoms with van der Waals surface area (Å²) in [6.45, 7) is 2.06. The monoisotopic (exact) mass is 189 g/mol. The van der Waals surface area contributed by atoms with Gasteiger partial charge in [-0.05, 0) is 13.1 Å². The van der Waals surface area contributed by atoms with Crippen LogP contribution < -0.4 is 15.9 Å². The van der Waals surface area contributed by atoms with Crippen molar-refractivity contribution in [2.24, 2.45) is 5.73 Å². The van der Waals surface area contributed by atoms with E-state index in [2.05, 4.69) is 10.5 Å². The summed E-state index contributed by atoms with van der Waals surface area (Å²) in [7, 11) is 0. The topological polar surface area (TPSA) is 116 Å². The van der Waals surface area contributed by atoms with Gasteiger partial charge >= 0.3 is 43.8 Å². The standard InChI is InChI=1S/C3H7NO2.CH2O3.Ca/c1-2-6-3(4)5;2-1(3)4;/h2H2,1H3,(H2,4,5);(H2,2,3,4);/q;;+2/p-2. The van der Waals surface area contributed by atoms with Crippen molar-refractivity contribution in [2.45, 2.75) is 6.92 Å². The third kappa shape index (κ3) is 76.1. The van der Waals surface area contributed by atoms with E-state index < -0.39 is 12.2 Å². The van der Waals surface area contributed by atoms with Gasteiger partial charge in [-0.25, -0.2) is 4.79 Å². The second-order valence-electron chi connectivity index (χ2n) is 1.00. The van der Waals surface area contributed by atoms with Crippen molar-refractivity contribution in [1.29, 1.82) is 0 Å². The number of carbonyl (C=O) groups is 2. The second kappa shape index (κ2) is 12.5. The third-order valence-electron chi connectivity index (χ3n) is 0.287. The molecule has 7 heteroatoms. The molecule has 0 bridgehead atoms. The van der Waals surface area contributed by atoms with Crippen LogP contribution in [-0.4, -0.2) is 56.6 Å². The van der Waals surface area contributed by atoms with E-state index in [1.54, 1.807) is 6.92 Å². The summed E-state index contributed by atoms with van der Waals surface area (Å²) >= 11 is 0. The maximum absolute atomic E-state index is 9.60. The number of carbonyl (C=O) groups excluding carboxylic acids is 2. The minimum atomic E-state index is -2.33. The Morgan fingerprint density at radius 1 is 1.45 bits per heavy atom. The Kier molecular flexibility index (Phi) is 19.3. The summed E-state index contributed by atoms with van der Waals surface area (Å²) in [5.74, 6) is 0. The molecule has 1 amide bonds. The summed E-state index contributed by atoms with van der Waals surface area (Å²) in [4.78, 5) is 17.9. The number of rotatable bonds is 1. The van der Waals surface area contributed by atoms with Crippen LogP contribution in [0.1, 0.15) is 6.92 Å². The van der Waals surface area contributed by atoms with Crippen LogP contribution in [-0.2, 0) is 4.74 Å². The summed E-state index contributed by atoms with van der Waals surface area (Å²) in [5, 5.41) is 16.7. The zero-order chi connectivity index (χ0) is 8.57. The molecule has 0 spiro atoms. The average molecular weight is 189 g/mol. The first-order valence-corrected chi connectivity index (χ1v) is 2.31. The van der Waals surface area contributed by atoms with Crippen LogP contribution in [0.4, 0.5) is 9.59 Å². The van der Waals surface area contributed by atoms with Crippen LogP contribution in [0.15, 0.2) is 0 Å². The SMILES string of the molecule is CCOC(N)=O.O=C([O-])[O-].[Ca+2]. The number of hydrogen-bond donors (Lipinski definition) is 1. The summed E-state index contributed by atoms with van der Waals surface area (Å²) < 4.78 is 4.18. The molecule has 0 aromatic rings. The van der Waals surface area contributed by atoms with Crippen molar-refractivity contribution >= 4 is 50.0 Å². The zero-order valence-electron chi connectivity index (χ0n) is 6.03. The Morgan fingerprint density at radius 3 is 1.73 bits per heavy atom. The van der Waals surface area contributed by atoms with E-state index in [1.165, 1.54) is 0 Å². The van der Waals surface area contributed by atoms with Gasteiger partial charge < -0.3 is 25.5 Å². The van der Waals surface area contributed by atoms with Gasteiger partial charge in [-0.2, -0.15) is 0 Å². The van der Waals surface area contributed by atoms with Gasteiger partial charge in [0.05, 0.1) is 6.61 Å². The predicted octanol–water partition coefficient (Wildman–Crippen LogP) is -2.73. The summed E-state index contributed by atoms with van der Waals surface area (Å²) in [5.41, 5.74) is 4.54. The number of nitrogens with two attached hydrogens (primary N) is 1. The Balaban J connectivity index is -0.000000114. The molecule has 0 heterocycles. The van der Waals surface area contributed by atoms with Gasteiger partial charge in [0, 0.05) is 0 Å². The number of amides is 1. The number of hydrogen-bond acceptors (Lipinski definition) is 5. The first kappa shape index (κ1) is 17.0. The van der Waals surface area contributed by atoms with E-state index in [-0.39, 0.29) is 37.7 Å². The number of ether oxygens (including phenoxy) is 1. The molecule has 0 atom stereocenters. The molecule has 0 saturated heterocycles. The Labute approximate surface area is 93.3 Å². The van der Waals surface area contributed by atoms with Gasteiger partial charge in [0.1, 0.15) is 0 Å². The molecule has 0 aliphatic rings. The van der Waals surface area contributed by atoms with E-state index >= 15 is 0 Å². The van der Waals surface area contributed by atoms with Crippen LogP contribution in [0.2, 0.25) is 0 Å². The molecule has 0 radical (unpaired) electrons. The Bertz CT molecular complexity index is 113. The minimum Gasteiger partial charge on any atom is -0.652 e. The molecule has 2 N–H and O–H groups in total. The normalized spacial score (nSPS) is 6.27. The maximum atomic E-state index is 9.60. The van der Waals surface area contributed by atoms with Crippen LogP contribution in [0.5, 0.6) is 0 Å². The molecule has 0 unspecified atom stereocenters. The molecule has 0 saturated carbocycles. The average Bonchev–Trinajstić information content (AvgIpc) is 1.62. The third-order valence-corrected chi connectivity index (χ3v) is 0.287. The van der Waals surface area contributed by atoms with E-state index in [1.807, 2.05) is 0 Å². The van der Waals surface area contributed by atoms with Crippen LogP contribution in [0.25, 0.3) is 0 Å². The fourth-order valence-corrected chi connectivity index (χ4v) is 0.142. The van der Waals surface area contributed by atoms with Crippen LogP contribution in [0, 0.1) is 0 Å². The smallest absolute Gasteiger partial charge is 0.652 e. The van der Waals surface area contributed by atoms with Gasteiger partial charge in [-0.3, -0.25) is 0 Å². The van der Waals surface area contributed by atoms with Gasteiger partial charge in [-0.15, -0.1) is 0 Å². The molecule has 0 aliphatic carbocycles. The van der Waals surface area contributed by atoms with Crippen LogP contribution >= 0.6 is 0 Å². The molecule has 0 aromatic heterocycles. The molecule has 0 aliphatic heterocycles. The quantitative estimate of drug-likeness (QED) is 0.450. The van der Waals surface area contributed by atoms with Gasteiger partial charge in [0.25, 0.3) is 0 Å². The molecule has 0 aromatic carbocycles. The molecular weight excluding hydrogens is 182 g/mol. The fraction of sp³-hybridized carbons (Fsp3) is 0.500. The first-order chi connectivity index (χ1) is 4.50. The molecule has 0 rings (SSSR count). The largest absolute Gasteiger partial charge is 2.00 e. The molecule has 11 heavy (non-hydrogen) atoms. The zero-order valence-corrected chi connectivity index (χ0v) is 8.24. The van der Waals surface area contributed by atoms with Gasteiger partial charge in [0.2, 0.25) is 0 Å². The Hall–Kier alpha value is -0.200. The van der Waals surface area contributed by atoms with E-state index in [0.29, 0.717) is 6.61 Å².